The number of hydrogen-bond acceptors (Lipinski definition) is 3. The fraction of sp³-hybridized carbons (Fsp3) is 0. The molecule has 0 bridgehead atoms. The molecule has 0 aromatic heterocycles. The second kappa shape index (κ2) is 3.16. The number of rotatable bonds is 1. The molecule has 1 aliphatic carbocycles. The lowest BCUT2D eigenvalue weighted by atomic mass is 9.91. The molecule has 0 saturated carbocycles. The van der Waals surface area contributed by atoms with Crippen molar-refractivity contribution in [1.29, 1.82) is 0 Å². The molecule has 1 aromatic rings. The predicted molar refractivity (Wildman–Crippen MR) is 51.2 cm³/mol. The van der Waals surface area contributed by atoms with Crippen LogP contribution in [0.25, 0.3) is 0 Å². The lowest BCUT2D eigenvalue weighted by molar-refractivity contribution is 0.0693. The Hall–Kier alpha value is -2.23. The molecule has 0 unspecified atom stereocenters. The van der Waals surface area contributed by atoms with Gasteiger partial charge < -0.3 is 5.11 Å². The predicted octanol–water partition coefficient (Wildman–Crippen LogP) is 1.32. The highest BCUT2D eigenvalue weighted by Crippen LogP contribution is 2.20. The zero-order valence-corrected chi connectivity index (χ0v) is 7.56. The van der Waals surface area contributed by atoms with Crippen LogP contribution in [0, 0.1) is 0 Å². The summed E-state index contributed by atoms with van der Waals surface area (Å²) in [7, 11) is 0. The van der Waals surface area contributed by atoms with Crippen LogP contribution >= 0.6 is 0 Å². The van der Waals surface area contributed by atoms with Crippen LogP contribution in [0.4, 0.5) is 0 Å². The van der Waals surface area contributed by atoms with E-state index in [0.29, 0.717) is 0 Å². The molecule has 15 heavy (non-hydrogen) atoms. The average Bonchev–Trinajstić information content (AvgIpc) is 2.23. The summed E-state index contributed by atoms with van der Waals surface area (Å²) in [5.41, 5.74) is 0.00935. The van der Waals surface area contributed by atoms with E-state index < -0.39 is 11.8 Å². The third-order valence-corrected chi connectivity index (χ3v) is 2.19. The van der Waals surface area contributed by atoms with Crippen LogP contribution in [0.2, 0.25) is 0 Å². The molecule has 1 N–H and O–H groups in total. The molecule has 4 nitrogen and oxygen atoms in total. The molecule has 74 valence electrons. The van der Waals surface area contributed by atoms with Crippen molar-refractivity contribution < 1.29 is 19.5 Å². The highest BCUT2D eigenvalue weighted by molar-refractivity contribution is 6.24. The summed E-state index contributed by atoms with van der Waals surface area (Å²) in [6.07, 6.45) is 2.24. The summed E-state index contributed by atoms with van der Waals surface area (Å²) < 4.78 is 0. The minimum Gasteiger partial charge on any atom is -0.478 e. The molecule has 0 atom stereocenters. The maximum absolute atomic E-state index is 11.5. The van der Waals surface area contributed by atoms with E-state index in [0.717, 1.165) is 12.2 Å². The summed E-state index contributed by atoms with van der Waals surface area (Å²) in [4.78, 5) is 33.7. The van der Waals surface area contributed by atoms with Gasteiger partial charge in [0.2, 0.25) is 0 Å². The van der Waals surface area contributed by atoms with E-state index in [9.17, 15) is 14.4 Å². The van der Waals surface area contributed by atoms with Crippen molar-refractivity contribution in [2.45, 2.75) is 0 Å². The highest BCUT2D eigenvalue weighted by atomic mass is 16.4. The number of carbonyl (C=O) groups is 3. The second-order valence-electron chi connectivity index (χ2n) is 3.10. The van der Waals surface area contributed by atoms with Gasteiger partial charge in [-0.3, -0.25) is 9.59 Å². The quantitative estimate of drug-likeness (QED) is 0.745. The fourth-order valence-corrected chi connectivity index (χ4v) is 1.53. The monoisotopic (exact) mass is 202 g/mol. The number of carboxylic acid groups (broad SMARTS) is 1. The van der Waals surface area contributed by atoms with Crippen molar-refractivity contribution in [3.05, 3.63) is 47.0 Å². The van der Waals surface area contributed by atoms with Crippen LogP contribution in [0.3, 0.4) is 0 Å². The summed E-state index contributed by atoms with van der Waals surface area (Å²) in [6.45, 7) is 0. The highest BCUT2D eigenvalue weighted by Gasteiger charge is 2.24. The molecule has 0 saturated heterocycles. The zero-order chi connectivity index (χ0) is 11.0. The molecule has 0 radical (unpaired) electrons. The largest absolute Gasteiger partial charge is 0.478 e. The van der Waals surface area contributed by atoms with E-state index in [2.05, 4.69) is 0 Å². The number of fused-ring (bicyclic) bond motifs is 1. The van der Waals surface area contributed by atoms with Crippen LogP contribution in [0.15, 0.2) is 30.4 Å². The Morgan fingerprint density at radius 3 is 2.40 bits per heavy atom. The molecule has 1 aliphatic rings. The molecule has 0 heterocycles. The maximum atomic E-state index is 11.5. The van der Waals surface area contributed by atoms with Crippen molar-refractivity contribution in [2.24, 2.45) is 0 Å². The van der Waals surface area contributed by atoms with Crippen molar-refractivity contribution >= 4 is 17.5 Å². The van der Waals surface area contributed by atoms with E-state index in [1.54, 1.807) is 0 Å². The minimum atomic E-state index is -1.21. The third-order valence-electron chi connectivity index (χ3n) is 2.19. The van der Waals surface area contributed by atoms with E-state index in [-0.39, 0.29) is 22.5 Å². The number of benzene rings is 1. The first-order valence-electron chi connectivity index (χ1n) is 4.24. The fourth-order valence-electron chi connectivity index (χ4n) is 1.53. The van der Waals surface area contributed by atoms with Gasteiger partial charge in [0.05, 0.1) is 5.56 Å². The standard InChI is InChI=1S/C11H6O4/c12-8-4-5-9(13)10-6(8)2-1-3-7(10)11(14)15/h1-5H,(H,14,15). The lowest BCUT2D eigenvalue weighted by Crippen LogP contribution is -2.16. The first kappa shape index (κ1) is 9.33. The van der Waals surface area contributed by atoms with Crippen LogP contribution in [-0.4, -0.2) is 22.6 Å². The molecular formula is C11H6O4. The Bertz CT molecular complexity index is 511. The van der Waals surface area contributed by atoms with Crippen molar-refractivity contribution in [3.63, 3.8) is 0 Å². The molecule has 0 aliphatic heterocycles. The Morgan fingerprint density at radius 2 is 1.73 bits per heavy atom. The van der Waals surface area contributed by atoms with Gasteiger partial charge in [0.1, 0.15) is 0 Å². The summed E-state index contributed by atoms with van der Waals surface area (Å²) in [5, 5.41) is 8.86. The maximum Gasteiger partial charge on any atom is 0.336 e. The summed E-state index contributed by atoms with van der Waals surface area (Å²) >= 11 is 0. The smallest absolute Gasteiger partial charge is 0.336 e. The Balaban J connectivity index is 2.76. The van der Waals surface area contributed by atoms with Crippen LogP contribution in [-0.2, 0) is 0 Å². The molecular weight excluding hydrogens is 196 g/mol. The van der Waals surface area contributed by atoms with Crippen molar-refractivity contribution in [2.75, 3.05) is 0 Å². The average molecular weight is 202 g/mol. The molecule has 0 spiro atoms. The summed E-state index contributed by atoms with van der Waals surface area (Å²) in [6, 6.07) is 4.21. The minimum absolute atomic E-state index is 0.0162. The number of hydrogen-bond donors (Lipinski definition) is 1. The van der Waals surface area contributed by atoms with Crippen LogP contribution in [0.1, 0.15) is 31.1 Å². The van der Waals surface area contributed by atoms with Gasteiger partial charge in [0.15, 0.2) is 11.6 Å². The van der Waals surface area contributed by atoms with E-state index in [1.165, 1.54) is 18.2 Å². The van der Waals surface area contributed by atoms with Crippen molar-refractivity contribution in [3.8, 4) is 0 Å². The SMILES string of the molecule is O=C(O)c1cccc2c1C(=O)C=CC2=O. The number of allylic oxidation sites excluding steroid dienone is 2. The topological polar surface area (TPSA) is 71.4 Å². The Morgan fingerprint density at radius 1 is 1.07 bits per heavy atom. The van der Waals surface area contributed by atoms with Gasteiger partial charge in [0, 0.05) is 11.1 Å². The van der Waals surface area contributed by atoms with Gasteiger partial charge in [-0.15, -0.1) is 0 Å². The van der Waals surface area contributed by atoms with E-state index in [4.69, 9.17) is 5.11 Å². The molecule has 2 rings (SSSR count). The van der Waals surface area contributed by atoms with E-state index >= 15 is 0 Å². The number of carboxylic acids is 1. The number of ketones is 2. The van der Waals surface area contributed by atoms with Gasteiger partial charge in [-0.25, -0.2) is 4.79 Å². The first-order chi connectivity index (χ1) is 7.11. The van der Waals surface area contributed by atoms with Gasteiger partial charge >= 0.3 is 5.97 Å². The van der Waals surface area contributed by atoms with Gasteiger partial charge in [-0.1, -0.05) is 12.1 Å². The lowest BCUT2D eigenvalue weighted by Gasteiger charge is -2.10. The molecule has 0 fully saturated rings. The molecule has 1 aromatic carbocycles. The van der Waals surface area contributed by atoms with Crippen LogP contribution in [0.5, 0.6) is 0 Å². The van der Waals surface area contributed by atoms with Gasteiger partial charge in [-0.2, -0.15) is 0 Å². The van der Waals surface area contributed by atoms with E-state index in [1.807, 2.05) is 0 Å². The normalized spacial score (nSPS) is 13.9. The number of carbonyl (C=O) groups excluding carboxylic acids is 2. The molecule has 0 amide bonds. The molecule has 4 heteroatoms. The van der Waals surface area contributed by atoms with Crippen molar-refractivity contribution in [1.82, 2.24) is 0 Å². The van der Waals surface area contributed by atoms with Gasteiger partial charge in [-0.05, 0) is 18.2 Å². The second-order valence-corrected chi connectivity index (χ2v) is 3.10. The number of aromatic carboxylic acids is 1. The van der Waals surface area contributed by atoms with Gasteiger partial charge in [0.25, 0.3) is 0 Å². The third kappa shape index (κ3) is 1.36. The summed E-state index contributed by atoms with van der Waals surface area (Å²) in [5.74, 6) is -1.99. The van der Waals surface area contributed by atoms with Crippen LogP contribution < -0.4 is 0 Å². The Labute approximate surface area is 84.8 Å². The first-order valence-corrected chi connectivity index (χ1v) is 4.24. The Kier molecular flexibility index (Phi) is 1.97. The zero-order valence-electron chi connectivity index (χ0n) is 7.56.